The summed E-state index contributed by atoms with van der Waals surface area (Å²) in [7, 11) is -1.61. The molecule has 0 bridgehead atoms. The van der Waals surface area contributed by atoms with Gasteiger partial charge in [-0.1, -0.05) is 43.2 Å². The summed E-state index contributed by atoms with van der Waals surface area (Å²) >= 11 is 0. The van der Waals surface area contributed by atoms with Crippen LogP contribution in [0.2, 0.25) is 0 Å². The van der Waals surface area contributed by atoms with Gasteiger partial charge < -0.3 is 10.6 Å². The maximum Gasteiger partial charge on any atom is 0.213 e. The number of guanidine groups is 1. The third kappa shape index (κ3) is 6.46. The Hall–Kier alpha value is -1.64. The summed E-state index contributed by atoms with van der Waals surface area (Å²) in [6, 6.07) is 10.7. The predicted octanol–water partition coefficient (Wildman–Crippen LogP) is 1.29. The van der Waals surface area contributed by atoms with Gasteiger partial charge in [0, 0.05) is 45.3 Å². The molecule has 3 N–H and O–H groups in total. The topological polar surface area (TPSA) is 85.8 Å². The number of nitrogens with zero attached hydrogens (tertiary/aromatic N) is 2. The Morgan fingerprint density at radius 1 is 1.18 bits per heavy atom. The van der Waals surface area contributed by atoms with Crippen LogP contribution in [0.15, 0.2) is 35.3 Å². The maximum absolute atomic E-state index is 12.2. The molecule has 1 atom stereocenters. The lowest BCUT2D eigenvalue weighted by molar-refractivity contribution is 0.242. The zero-order valence-electron chi connectivity index (χ0n) is 16.7. The normalized spacial score (nSPS) is 21.9. The van der Waals surface area contributed by atoms with Gasteiger partial charge in [-0.15, -0.1) is 0 Å². The van der Waals surface area contributed by atoms with Gasteiger partial charge >= 0.3 is 0 Å². The van der Waals surface area contributed by atoms with E-state index in [4.69, 9.17) is 0 Å². The highest BCUT2D eigenvalue weighted by Crippen LogP contribution is 2.26. The molecule has 0 amide bonds. The second-order valence-electron chi connectivity index (χ2n) is 7.69. The molecule has 2 fully saturated rings. The Balaban J connectivity index is 1.37. The van der Waals surface area contributed by atoms with Gasteiger partial charge in [0.2, 0.25) is 10.0 Å². The highest BCUT2D eigenvalue weighted by molar-refractivity contribution is 7.89. The van der Waals surface area contributed by atoms with E-state index < -0.39 is 10.0 Å². The Labute approximate surface area is 169 Å². The second-order valence-corrected chi connectivity index (χ2v) is 9.61. The molecule has 0 radical (unpaired) electrons. The van der Waals surface area contributed by atoms with Crippen LogP contribution < -0.4 is 15.4 Å². The van der Waals surface area contributed by atoms with Crippen molar-refractivity contribution < 1.29 is 8.42 Å². The number of nitrogens with one attached hydrogen (secondary N) is 3. The monoisotopic (exact) mass is 407 g/mol. The number of benzene rings is 1. The van der Waals surface area contributed by atoms with Crippen LogP contribution in [0, 0.1) is 0 Å². The van der Waals surface area contributed by atoms with Crippen molar-refractivity contribution in [3.8, 4) is 0 Å². The molecule has 0 aromatic heterocycles. The van der Waals surface area contributed by atoms with E-state index in [2.05, 4.69) is 25.2 Å². The smallest absolute Gasteiger partial charge is 0.213 e. The van der Waals surface area contributed by atoms with Crippen molar-refractivity contribution in [1.29, 1.82) is 0 Å². The molecule has 1 aromatic rings. The average Bonchev–Trinajstić information content (AvgIpc) is 3.38. The van der Waals surface area contributed by atoms with Crippen LogP contribution in [0.3, 0.4) is 0 Å². The second kappa shape index (κ2) is 10.2. The molecule has 1 aliphatic carbocycles. The van der Waals surface area contributed by atoms with Gasteiger partial charge in [0.25, 0.3) is 0 Å². The van der Waals surface area contributed by atoms with Crippen LogP contribution in [-0.2, 0) is 16.6 Å². The Morgan fingerprint density at radius 3 is 2.64 bits per heavy atom. The van der Waals surface area contributed by atoms with Crippen molar-refractivity contribution in [3.63, 3.8) is 0 Å². The largest absolute Gasteiger partial charge is 0.355 e. The quantitative estimate of drug-likeness (QED) is 0.447. The van der Waals surface area contributed by atoms with Gasteiger partial charge in [0.05, 0.1) is 5.75 Å². The lowest BCUT2D eigenvalue weighted by atomic mass is 10.2. The molecule has 1 heterocycles. The zero-order chi connectivity index (χ0) is 19.8. The number of hydrogen-bond donors (Lipinski definition) is 3. The molecular formula is C20H33N5O2S. The van der Waals surface area contributed by atoms with Crippen LogP contribution in [0.5, 0.6) is 0 Å². The van der Waals surface area contributed by atoms with Crippen molar-refractivity contribution in [2.45, 2.75) is 50.7 Å². The fourth-order valence-electron chi connectivity index (χ4n) is 4.06. The molecule has 28 heavy (non-hydrogen) atoms. The van der Waals surface area contributed by atoms with E-state index in [1.165, 1.54) is 25.7 Å². The fraction of sp³-hybridized carbons (Fsp3) is 0.650. The minimum atomic E-state index is -3.33. The molecule has 7 nitrogen and oxygen atoms in total. The van der Waals surface area contributed by atoms with Crippen molar-refractivity contribution in [2.75, 3.05) is 32.4 Å². The molecule has 3 rings (SSSR count). The number of likely N-dealkylation sites (tertiary alicyclic amines) is 1. The number of rotatable bonds is 8. The van der Waals surface area contributed by atoms with Crippen LogP contribution in [-0.4, -0.2) is 63.8 Å². The van der Waals surface area contributed by atoms with Gasteiger partial charge in [-0.05, 0) is 24.8 Å². The molecule has 1 saturated carbocycles. The number of aliphatic imine (C=N–C) groups is 1. The van der Waals surface area contributed by atoms with Crippen LogP contribution in [0.4, 0.5) is 0 Å². The SMILES string of the molecule is CN=C(NCCS(=O)(=O)NCc1ccccc1)NC1CCN(C2CCCC2)C1. The molecule has 2 aliphatic rings. The number of sulfonamides is 1. The summed E-state index contributed by atoms with van der Waals surface area (Å²) in [6.45, 7) is 2.82. The third-order valence-electron chi connectivity index (χ3n) is 5.63. The number of hydrogen-bond acceptors (Lipinski definition) is 4. The maximum atomic E-state index is 12.2. The molecule has 156 valence electrons. The minimum Gasteiger partial charge on any atom is -0.355 e. The minimum absolute atomic E-state index is 0.0133. The summed E-state index contributed by atoms with van der Waals surface area (Å²) in [5.74, 6) is 0.691. The molecular weight excluding hydrogens is 374 g/mol. The van der Waals surface area contributed by atoms with Crippen LogP contribution in [0.1, 0.15) is 37.7 Å². The van der Waals surface area contributed by atoms with Crippen molar-refractivity contribution in [1.82, 2.24) is 20.3 Å². The predicted molar refractivity (Wildman–Crippen MR) is 114 cm³/mol. The molecule has 1 unspecified atom stereocenters. The van der Waals surface area contributed by atoms with Crippen LogP contribution >= 0.6 is 0 Å². The first-order chi connectivity index (χ1) is 13.6. The highest BCUT2D eigenvalue weighted by Gasteiger charge is 2.30. The van der Waals surface area contributed by atoms with Crippen molar-refractivity contribution in [3.05, 3.63) is 35.9 Å². The summed E-state index contributed by atoms with van der Waals surface area (Å²) in [4.78, 5) is 6.84. The lowest BCUT2D eigenvalue weighted by Crippen LogP contribution is -2.46. The first-order valence-corrected chi connectivity index (χ1v) is 11.9. The first kappa shape index (κ1) is 21.1. The molecule has 1 aromatic carbocycles. The van der Waals surface area contributed by atoms with E-state index >= 15 is 0 Å². The summed E-state index contributed by atoms with van der Waals surface area (Å²) in [5, 5.41) is 6.58. The Morgan fingerprint density at radius 2 is 1.93 bits per heavy atom. The van der Waals surface area contributed by atoms with Gasteiger partial charge in [-0.2, -0.15) is 0 Å². The average molecular weight is 408 g/mol. The molecule has 0 spiro atoms. The Bertz CT molecular complexity index is 732. The van der Waals surface area contributed by atoms with Gasteiger partial charge in [0.1, 0.15) is 0 Å². The Kier molecular flexibility index (Phi) is 7.70. The summed E-state index contributed by atoms with van der Waals surface area (Å²) in [5.41, 5.74) is 0.949. The van der Waals surface area contributed by atoms with E-state index in [1.807, 2.05) is 30.3 Å². The summed E-state index contributed by atoms with van der Waals surface area (Å²) in [6.07, 6.45) is 6.47. The van der Waals surface area contributed by atoms with Gasteiger partial charge in [-0.25, -0.2) is 13.1 Å². The van der Waals surface area contributed by atoms with E-state index in [9.17, 15) is 8.42 Å². The standard InChI is InChI=1S/C20H33N5O2S/c1-21-20(24-18-11-13-25(16-18)19-9-5-6-10-19)22-12-14-28(26,27)23-15-17-7-3-2-4-8-17/h2-4,7-8,18-19,23H,5-6,9-16H2,1H3,(H2,21,22,24). The zero-order valence-corrected chi connectivity index (χ0v) is 17.5. The van der Waals surface area contributed by atoms with Crippen LogP contribution in [0.25, 0.3) is 0 Å². The van der Waals surface area contributed by atoms with E-state index in [1.54, 1.807) is 7.05 Å². The molecule has 1 saturated heterocycles. The first-order valence-electron chi connectivity index (χ1n) is 10.3. The third-order valence-corrected chi connectivity index (χ3v) is 6.95. The fourth-order valence-corrected chi connectivity index (χ4v) is 4.96. The van der Waals surface area contributed by atoms with Gasteiger partial charge in [0.15, 0.2) is 5.96 Å². The molecule has 8 heteroatoms. The summed E-state index contributed by atoms with van der Waals surface area (Å²) < 4.78 is 27.0. The molecule has 1 aliphatic heterocycles. The van der Waals surface area contributed by atoms with Crippen molar-refractivity contribution in [2.24, 2.45) is 4.99 Å². The van der Waals surface area contributed by atoms with E-state index in [0.29, 0.717) is 25.1 Å². The van der Waals surface area contributed by atoms with E-state index in [0.717, 1.165) is 31.1 Å². The lowest BCUT2D eigenvalue weighted by Gasteiger charge is -2.24. The van der Waals surface area contributed by atoms with E-state index in [-0.39, 0.29) is 5.75 Å². The van der Waals surface area contributed by atoms with Gasteiger partial charge in [-0.3, -0.25) is 9.89 Å². The highest BCUT2D eigenvalue weighted by atomic mass is 32.2. The van der Waals surface area contributed by atoms with Crippen molar-refractivity contribution >= 4 is 16.0 Å².